The Morgan fingerprint density at radius 1 is 0.393 bits per heavy atom. The molecule has 0 unspecified atom stereocenters. The second-order valence-electron chi connectivity index (χ2n) is 14.1. The largest absolute Gasteiger partial charge is 0.383 e. The summed E-state index contributed by atoms with van der Waals surface area (Å²) in [5.41, 5.74) is 13.7. The average molecular weight is 718 g/mol. The molecule has 0 saturated carbocycles. The molecule has 0 spiro atoms. The predicted octanol–water partition coefficient (Wildman–Crippen LogP) is 13.5. The van der Waals surface area contributed by atoms with Crippen molar-refractivity contribution in [2.24, 2.45) is 10.7 Å². The monoisotopic (exact) mass is 717 g/mol. The van der Waals surface area contributed by atoms with Crippen LogP contribution < -0.4 is 5.73 Å². The van der Waals surface area contributed by atoms with Crippen molar-refractivity contribution in [1.29, 1.82) is 5.41 Å². The van der Waals surface area contributed by atoms with Crippen molar-refractivity contribution in [3.8, 4) is 22.3 Å². The van der Waals surface area contributed by atoms with Crippen LogP contribution in [0.3, 0.4) is 0 Å². The van der Waals surface area contributed by atoms with Gasteiger partial charge >= 0.3 is 0 Å². The van der Waals surface area contributed by atoms with Crippen molar-refractivity contribution < 1.29 is 0 Å². The van der Waals surface area contributed by atoms with Crippen molar-refractivity contribution in [1.82, 2.24) is 0 Å². The van der Waals surface area contributed by atoms with Gasteiger partial charge in [0.2, 0.25) is 0 Å². The van der Waals surface area contributed by atoms with Crippen LogP contribution in [0.1, 0.15) is 16.7 Å². The Morgan fingerprint density at radius 2 is 0.786 bits per heavy atom. The second-order valence-corrected chi connectivity index (χ2v) is 14.1. The number of nitrogens with zero attached hydrogens (tertiary/aromatic N) is 1. The number of fused-ring (bicyclic) bond motifs is 9. The molecule has 3 N–H and O–H groups in total. The zero-order valence-electron chi connectivity index (χ0n) is 31.1. The highest BCUT2D eigenvalue weighted by Gasteiger charge is 2.20. The fraction of sp³-hybridized carbons (Fsp3) is 0.0189. The number of nitrogens with two attached hydrogens (primary N) is 1. The normalized spacial score (nSPS) is 11.6. The molecule has 0 amide bonds. The Kier molecular flexibility index (Phi) is 9.10. The first kappa shape index (κ1) is 34.4. The van der Waals surface area contributed by atoms with Gasteiger partial charge in [-0.1, -0.05) is 200 Å². The summed E-state index contributed by atoms with van der Waals surface area (Å²) in [6.45, 7) is 2.08. The quantitative estimate of drug-likeness (QED) is 0.106. The second kappa shape index (κ2) is 14.8. The molecule has 266 valence electrons. The van der Waals surface area contributed by atoms with E-state index in [-0.39, 0.29) is 5.84 Å². The summed E-state index contributed by atoms with van der Waals surface area (Å²) in [6.07, 6.45) is 0. The SMILES string of the molecule is Cc1ccccc1.N=C(N=C(N)c1ccccc1)c1c(-c2ccc(-c3ccc4c5ccccc5c5ccccc5c4c3)cc2)c2ccccc2c2ccccc12. The molecule has 10 rings (SSSR count). The number of amidine groups is 2. The van der Waals surface area contributed by atoms with E-state index < -0.39 is 0 Å². The maximum absolute atomic E-state index is 9.37. The Labute approximate surface area is 326 Å². The number of aliphatic imine (C=N–C) groups is 1. The van der Waals surface area contributed by atoms with Crippen molar-refractivity contribution in [3.63, 3.8) is 0 Å². The number of benzene rings is 10. The molecule has 0 aliphatic carbocycles. The molecule has 0 aliphatic heterocycles. The smallest absolute Gasteiger partial charge is 0.155 e. The van der Waals surface area contributed by atoms with E-state index in [9.17, 15) is 5.41 Å². The molecule has 10 aromatic carbocycles. The van der Waals surface area contributed by atoms with Gasteiger partial charge in [-0.05, 0) is 83.5 Å². The van der Waals surface area contributed by atoms with E-state index >= 15 is 0 Å². The van der Waals surface area contributed by atoms with Gasteiger partial charge in [0.1, 0.15) is 5.84 Å². The highest BCUT2D eigenvalue weighted by atomic mass is 14.9. The van der Waals surface area contributed by atoms with Crippen molar-refractivity contribution >= 4 is 65.5 Å². The summed E-state index contributed by atoms with van der Waals surface area (Å²) >= 11 is 0. The van der Waals surface area contributed by atoms with Crippen molar-refractivity contribution in [2.75, 3.05) is 0 Å². The van der Waals surface area contributed by atoms with Gasteiger partial charge in [0, 0.05) is 16.7 Å². The Morgan fingerprint density at radius 3 is 1.32 bits per heavy atom. The molecule has 0 saturated heterocycles. The molecule has 0 fully saturated rings. The van der Waals surface area contributed by atoms with Gasteiger partial charge in [0.25, 0.3) is 0 Å². The Balaban J connectivity index is 0.000000530. The maximum atomic E-state index is 9.37. The molecular weight excluding hydrogens is 679 g/mol. The summed E-state index contributed by atoms with van der Waals surface area (Å²) in [6, 6.07) is 69.6. The lowest BCUT2D eigenvalue weighted by Crippen LogP contribution is -2.16. The minimum atomic E-state index is 0.135. The summed E-state index contributed by atoms with van der Waals surface area (Å²) in [5, 5.41) is 21.2. The zero-order valence-corrected chi connectivity index (χ0v) is 31.1. The molecule has 0 atom stereocenters. The van der Waals surface area contributed by atoms with Gasteiger partial charge in [0.05, 0.1) is 0 Å². The molecule has 0 heterocycles. The lowest BCUT2D eigenvalue weighted by molar-refractivity contribution is 1.41. The summed E-state index contributed by atoms with van der Waals surface area (Å²) in [7, 11) is 0. The fourth-order valence-electron chi connectivity index (χ4n) is 7.99. The molecule has 0 aliphatic rings. The predicted molar refractivity (Wildman–Crippen MR) is 240 cm³/mol. The van der Waals surface area contributed by atoms with E-state index in [0.29, 0.717) is 5.84 Å². The third-order valence-corrected chi connectivity index (χ3v) is 10.7. The van der Waals surface area contributed by atoms with E-state index in [2.05, 4.69) is 151 Å². The molecular formula is C53H39N3. The van der Waals surface area contributed by atoms with Gasteiger partial charge < -0.3 is 5.73 Å². The molecule has 3 nitrogen and oxygen atoms in total. The van der Waals surface area contributed by atoms with Crippen LogP contribution in [0, 0.1) is 12.3 Å². The average Bonchev–Trinajstić information content (AvgIpc) is 3.26. The first-order valence-corrected chi connectivity index (χ1v) is 18.9. The van der Waals surface area contributed by atoms with Crippen LogP contribution in [0.2, 0.25) is 0 Å². The number of hydrogen-bond acceptors (Lipinski definition) is 1. The topological polar surface area (TPSA) is 62.2 Å². The zero-order chi connectivity index (χ0) is 38.0. The van der Waals surface area contributed by atoms with E-state index in [1.807, 2.05) is 60.7 Å². The van der Waals surface area contributed by atoms with E-state index in [0.717, 1.165) is 54.9 Å². The summed E-state index contributed by atoms with van der Waals surface area (Å²) in [5.74, 6) is 0.455. The van der Waals surface area contributed by atoms with E-state index in [1.54, 1.807) is 0 Å². The van der Waals surface area contributed by atoms with Gasteiger partial charge in [-0.3, -0.25) is 5.41 Å². The molecule has 3 heteroatoms. The Hall–Kier alpha value is -7.36. The number of rotatable bonds is 4. The highest BCUT2D eigenvalue weighted by molar-refractivity contribution is 6.27. The first-order valence-electron chi connectivity index (χ1n) is 18.9. The van der Waals surface area contributed by atoms with Crippen LogP contribution in [0.15, 0.2) is 205 Å². The summed E-state index contributed by atoms with van der Waals surface area (Å²) < 4.78 is 0. The van der Waals surface area contributed by atoms with Crippen LogP contribution >= 0.6 is 0 Å². The van der Waals surface area contributed by atoms with Crippen LogP contribution in [-0.4, -0.2) is 11.7 Å². The fourth-order valence-corrected chi connectivity index (χ4v) is 7.99. The molecule has 0 radical (unpaired) electrons. The lowest BCUT2D eigenvalue weighted by atomic mass is 9.87. The van der Waals surface area contributed by atoms with Crippen LogP contribution in [-0.2, 0) is 0 Å². The molecule has 0 bridgehead atoms. The van der Waals surface area contributed by atoms with E-state index in [4.69, 9.17) is 5.73 Å². The van der Waals surface area contributed by atoms with Crippen molar-refractivity contribution in [2.45, 2.75) is 6.92 Å². The third kappa shape index (κ3) is 6.36. The minimum absolute atomic E-state index is 0.135. The lowest BCUT2D eigenvalue weighted by Gasteiger charge is -2.18. The van der Waals surface area contributed by atoms with Gasteiger partial charge in [0.15, 0.2) is 5.84 Å². The number of nitrogens with one attached hydrogen (secondary N) is 1. The first-order chi connectivity index (χ1) is 27.5. The van der Waals surface area contributed by atoms with Crippen molar-refractivity contribution in [3.05, 3.63) is 217 Å². The van der Waals surface area contributed by atoms with Crippen LogP contribution in [0.4, 0.5) is 0 Å². The minimum Gasteiger partial charge on any atom is -0.383 e. The van der Waals surface area contributed by atoms with Crippen LogP contribution in [0.25, 0.3) is 76.1 Å². The standard InChI is InChI=1S/C46H31N3.C7H8/c47-45(31-12-2-1-3-13-31)49-46(48)44-41-21-11-9-18-37(41)36-17-8-10-20-40(36)43(44)30-24-22-29(23-25-30)32-26-27-39-35-16-5-4-14-33(35)34-15-6-7-19-38(34)42(39)28-32;1-7-5-3-2-4-6-7/h1-28H,(H3,47,48,49);2-6H,1H3. The van der Waals surface area contributed by atoms with Gasteiger partial charge in [-0.25, -0.2) is 4.99 Å². The van der Waals surface area contributed by atoms with Crippen LogP contribution in [0.5, 0.6) is 0 Å². The molecule has 10 aromatic rings. The van der Waals surface area contributed by atoms with E-state index in [1.165, 1.54) is 37.9 Å². The molecule has 0 aromatic heterocycles. The number of hydrogen-bond donors (Lipinski definition) is 2. The highest BCUT2D eigenvalue weighted by Crippen LogP contribution is 2.41. The van der Waals surface area contributed by atoms with Gasteiger partial charge in [-0.2, -0.15) is 0 Å². The molecule has 56 heavy (non-hydrogen) atoms. The Bertz CT molecular complexity index is 3060. The number of aryl methyl sites for hydroxylation is 1. The third-order valence-electron chi connectivity index (χ3n) is 10.7. The summed E-state index contributed by atoms with van der Waals surface area (Å²) in [4.78, 5) is 4.68. The maximum Gasteiger partial charge on any atom is 0.155 e. The van der Waals surface area contributed by atoms with Gasteiger partial charge in [-0.15, -0.1) is 0 Å².